The molecule has 0 aromatic rings. The number of nitrogens with one attached hydrogen (secondary N) is 1. The normalized spacial score (nSPS) is 19.7. The third kappa shape index (κ3) is 5.49. The van der Waals surface area contributed by atoms with Gasteiger partial charge in [0, 0.05) is 19.6 Å². The minimum Gasteiger partial charge on any atom is -0.343 e. The van der Waals surface area contributed by atoms with Crippen LogP contribution in [0.1, 0.15) is 40.0 Å². The van der Waals surface area contributed by atoms with Gasteiger partial charge in [-0.1, -0.05) is 13.8 Å². The quantitative estimate of drug-likeness (QED) is 0.726. The molecule has 1 rings (SSSR count). The molecule has 112 valence electrons. The number of carbonyl (C=O) groups is 1. The second-order valence-electron chi connectivity index (χ2n) is 5.34. The van der Waals surface area contributed by atoms with Gasteiger partial charge in [-0.2, -0.15) is 0 Å². The van der Waals surface area contributed by atoms with Gasteiger partial charge in [0.05, 0.1) is 5.92 Å². The zero-order valence-electron chi connectivity index (χ0n) is 13.0. The zero-order valence-corrected chi connectivity index (χ0v) is 13.0. The van der Waals surface area contributed by atoms with Gasteiger partial charge in [0.1, 0.15) is 0 Å². The molecule has 1 amide bonds. The number of piperidine rings is 1. The van der Waals surface area contributed by atoms with Gasteiger partial charge in [0.2, 0.25) is 5.91 Å². The highest BCUT2D eigenvalue weighted by molar-refractivity contribution is 5.79. The number of hydrogen-bond acceptors (Lipinski definition) is 3. The second kappa shape index (κ2) is 9.32. The summed E-state index contributed by atoms with van der Waals surface area (Å²) in [5.41, 5.74) is 0. The highest BCUT2D eigenvalue weighted by atomic mass is 16.2. The van der Waals surface area contributed by atoms with Crippen molar-refractivity contribution in [2.45, 2.75) is 40.0 Å². The van der Waals surface area contributed by atoms with Crippen molar-refractivity contribution in [3.05, 3.63) is 0 Å². The lowest BCUT2D eigenvalue weighted by atomic mass is 9.98. The predicted octanol–water partition coefficient (Wildman–Crippen LogP) is 1.57. The first-order valence-corrected chi connectivity index (χ1v) is 7.94. The molecule has 4 heteroatoms. The Kier molecular flexibility index (Phi) is 8.07. The summed E-state index contributed by atoms with van der Waals surface area (Å²) in [6, 6.07) is 0. The lowest BCUT2D eigenvalue weighted by Crippen LogP contribution is -2.43. The molecule has 1 unspecified atom stereocenters. The second-order valence-corrected chi connectivity index (χ2v) is 5.34. The van der Waals surface area contributed by atoms with E-state index in [0.717, 1.165) is 65.1 Å². The van der Waals surface area contributed by atoms with Crippen LogP contribution in [0.2, 0.25) is 0 Å². The molecule has 0 saturated carbocycles. The summed E-state index contributed by atoms with van der Waals surface area (Å²) in [5, 5.41) is 3.33. The Morgan fingerprint density at radius 3 is 2.42 bits per heavy atom. The van der Waals surface area contributed by atoms with E-state index in [-0.39, 0.29) is 5.92 Å². The van der Waals surface area contributed by atoms with Crippen LogP contribution in [-0.4, -0.2) is 61.5 Å². The summed E-state index contributed by atoms with van der Waals surface area (Å²) in [6.45, 7) is 13.5. The minimum atomic E-state index is 0.210. The maximum Gasteiger partial charge on any atom is 0.226 e. The molecule has 1 aliphatic heterocycles. The largest absolute Gasteiger partial charge is 0.343 e. The van der Waals surface area contributed by atoms with Crippen molar-refractivity contribution < 1.29 is 4.79 Å². The smallest absolute Gasteiger partial charge is 0.226 e. The Morgan fingerprint density at radius 1 is 1.16 bits per heavy atom. The van der Waals surface area contributed by atoms with E-state index in [0.29, 0.717) is 5.91 Å². The molecule has 0 radical (unpaired) electrons. The van der Waals surface area contributed by atoms with E-state index in [2.05, 4.69) is 31.0 Å². The number of amides is 1. The molecule has 1 saturated heterocycles. The lowest BCUT2D eigenvalue weighted by molar-refractivity contribution is -0.136. The number of nitrogens with zero attached hydrogens (tertiary/aromatic N) is 2. The van der Waals surface area contributed by atoms with E-state index < -0.39 is 0 Å². The molecular formula is C15H31N3O. The van der Waals surface area contributed by atoms with Crippen LogP contribution < -0.4 is 5.32 Å². The van der Waals surface area contributed by atoms with Gasteiger partial charge in [-0.05, 0) is 52.4 Å². The zero-order chi connectivity index (χ0) is 14.1. The summed E-state index contributed by atoms with van der Waals surface area (Å²) in [5.74, 6) is 0.566. The van der Waals surface area contributed by atoms with Crippen LogP contribution in [0.5, 0.6) is 0 Å². The standard InChI is InChI=1S/C15H31N3O/c1-4-17(5-2)11-8-12-18(6-3)15(19)14-9-7-10-16-13-14/h14,16H,4-13H2,1-3H3. The predicted molar refractivity (Wildman–Crippen MR) is 80.3 cm³/mol. The maximum atomic E-state index is 12.4. The van der Waals surface area contributed by atoms with Gasteiger partial charge >= 0.3 is 0 Å². The fourth-order valence-corrected chi connectivity index (χ4v) is 2.77. The molecule has 1 fully saturated rings. The minimum absolute atomic E-state index is 0.210. The van der Waals surface area contributed by atoms with Crippen molar-refractivity contribution in [2.24, 2.45) is 5.92 Å². The summed E-state index contributed by atoms with van der Waals surface area (Å²) in [4.78, 5) is 16.9. The van der Waals surface area contributed by atoms with Crippen LogP contribution in [-0.2, 0) is 4.79 Å². The van der Waals surface area contributed by atoms with E-state index in [4.69, 9.17) is 0 Å². The monoisotopic (exact) mass is 269 g/mol. The van der Waals surface area contributed by atoms with Crippen molar-refractivity contribution in [1.82, 2.24) is 15.1 Å². The summed E-state index contributed by atoms with van der Waals surface area (Å²) in [7, 11) is 0. The first-order chi connectivity index (χ1) is 9.22. The van der Waals surface area contributed by atoms with Crippen molar-refractivity contribution in [3.8, 4) is 0 Å². The van der Waals surface area contributed by atoms with Crippen LogP contribution in [0, 0.1) is 5.92 Å². The van der Waals surface area contributed by atoms with Crippen LogP contribution in [0.25, 0.3) is 0 Å². The number of hydrogen-bond donors (Lipinski definition) is 1. The lowest BCUT2D eigenvalue weighted by Gasteiger charge is -2.29. The van der Waals surface area contributed by atoms with E-state index in [1.54, 1.807) is 0 Å². The van der Waals surface area contributed by atoms with E-state index in [1.165, 1.54) is 0 Å². The van der Waals surface area contributed by atoms with Gasteiger partial charge in [-0.3, -0.25) is 4.79 Å². The molecule has 0 bridgehead atoms. The van der Waals surface area contributed by atoms with Crippen molar-refractivity contribution >= 4 is 5.91 Å². The SMILES string of the molecule is CCN(CC)CCCN(CC)C(=O)C1CCCNC1. The van der Waals surface area contributed by atoms with E-state index >= 15 is 0 Å². The van der Waals surface area contributed by atoms with Gasteiger partial charge in [-0.25, -0.2) is 0 Å². The van der Waals surface area contributed by atoms with Crippen LogP contribution in [0.4, 0.5) is 0 Å². The Morgan fingerprint density at radius 2 is 1.89 bits per heavy atom. The molecule has 1 atom stereocenters. The average molecular weight is 269 g/mol. The third-order valence-electron chi connectivity index (χ3n) is 4.14. The summed E-state index contributed by atoms with van der Waals surface area (Å²) in [6.07, 6.45) is 3.27. The first kappa shape index (κ1) is 16.4. The molecule has 0 aromatic carbocycles. The van der Waals surface area contributed by atoms with Crippen LogP contribution in [0.3, 0.4) is 0 Å². The Bertz CT molecular complexity index is 248. The van der Waals surface area contributed by atoms with Crippen molar-refractivity contribution in [3.63, 3.8) is 0 Å². The Hall–Kier alpha value is -0.610. The fourth-order valence-electron chi connectivity index (χ4n) is 2.77. The molecule has 0 spiro atoms. The topological polar surface area (TPSA) is 35.6 Å². The van der Waals surface area contributed by atoms with Gasteiger partial charge in [0.15, 0.2) is 0 Å². The highest BCUT2D eigenvalue weighted by Gasteiger charge is 2.24. The average Bonchev–Trinajstić information content (AvgIpc) is 2.48. The Balaban J connectivity index is 2.33. The Labute approximate surface area is 118 Å². The molecule has 1 N–H and O–H groups in total. The molecule has 0 aliphatic carbocycles. The molecular weight excluding hydrogens is 238 g/mol. The molecule has 1 heterocycles. The highest BCUT2D eigenvalue weighted by Crippen LogP contribution is 2.13. The van der Waals surface area contributed by atoms with E-state index in [1.807, 2.05) is 4.90 Å². The third-order valence-corrected chi connectivity index (χ3v) is 4.14. The van der Waals surface area contributed by atoms with E-state index in [9.17, 15) is 4.79 Å². The molecule has 1 aliphatic rings. The number of rotatable bonds is 8. The van der Waals surface area contributed by atoms with Gasteiger partial charge in [-0.15, -0.1) is 0 Å². The maximum absolute atomic E-state index is 12.4. The van der Waals surface area contributed by atoms with Gasteiger partial charge in [0.25, 0.3) is 0 Å². The fraction of sp³-hybridized carbons (Fsp3) is 0.933. The summed E-state index contributed by atoms with van der Waals surface area (Å²) < 4.78 is 0. The van der Waals surface area contributed by atoms with Gasteiger partial charge < -0.3 is 15.1 Å². The first-order valence-electron chi connectivity index (χ1n) is 7.94. The van der Waals surface area contributed by atoms with Crippen LogP contribution >= 0.6 is 0 Å². The summed E-state index contributed by atoms with van der Waals surface area (Å²) >= 11 is 0. The molecule has 19 heavy (non-hydrogen) atoms. The number of carbonyl (C=O) groups excluding carboxylic acids is 1. The van der Waals surface area contributed by atoms with Crippen molar-refractivity contribution in [2.75, 3.05) is 45.8 Å². The van der Waals surface area contributed by atoms with Crippen molar-refractivity contribution in [1.29, 1.82) is 0 Å². The molecule has 0 aromatic heterocycles. The van der Waals surface area contributed by atoms with Crippen LogP contribution in [0.15, 0.2) is 0 Å². The molecule has 4 nitrogen and oxygen atoms in total.